The van der Waals surface area contributed by atoms with Crippen molar-refractivity contribution in [3.05, 3.63) is 237 Å². The number of ether oxygens (including phenoxy) is 1. The smallest absolute Gasteiger partial charge is 0.411 e. The molecule has 458 valence electrons. The molecule has 13 rings (SSSR count). The Morgan fingerprint density at radius 2 is 0.633 bits per heavy atom. The number of carbonyl (C=O) groups is 1. The predicted molar refractivity (Wildman–Crippen MR) is 363 cm³/mol. The summed E-state index contributed by atoms with van der Waals surface area (Å²) in [5, 5.41) is 9.28. The van der Waals surface area contributed by atoms with Crippen LogP contribution in [0.3, 0.4) is 0 Å². The van der Waals surface area contributed by atoms with Gasteiger partial charge in [-0.3, -0.25) is 35.2 Å². The van der Waals surface area contributed by atoms with E-state index in [1.807, 2.05) is 73.3 Å². The molecule has 1 N–H and O–H groups in total. The average Bonchev–Trinajstić information content (AvgIpc) is 0.834. The van der Waals surface area contributed by atoms with Gasteiger partial charge in [0.25, 0.3) is 0 Å². The molecule has 0 unspecified atom stereocenters. The normalized spacial score (nSPS) is 10.8. The Morgan fingerprint density at radius 1 is 0.322 bits per heavy atom. The van der Waals surface area contributed by atoms with E-state index in [1.165, 1.54) is 128 Å². The number of aromatic nitrogens is 6. The van der Waals surface area contributed by atoms with E-state index in [0.717, 1.165) is 78.3 Å². The molecule has 0 bridgehead atoms. The number of nitrogens with one attached hydrogen (secondary N) is 1. The number of carbonyl (C=O) groups excluding carboxylic acids is 1. The van der Waals surface area contributed by atoms with Crippen LogP contribution in [0.4, 0.5) is 10.5 Å². The van der Waals surface area contributed by atoms with Crippen molar-refractivity contribution in [2.24, 2.45) is 0 Å². The molecular weight excluding hydrogens is 1240 g/mol. The quantitative estimate of drug-likeness (QED) is 0.0430. The summed E-state index contributed by atoms with van der Waals surface area (Å²) in [4.78, 5) is 39.9. The largest absolute Gasteiger partial charge is 1.00 e. The maximum atomic E-state index is 12.3. The number of fused-ring (bicyclic) bond motifs is 9. The maximum absolute atomic E-state index is 12.3. The predicted octanol–water partition coefficient (Wildman–Crippen LogP) is 15.4. The molecule has 1 amide bonds. The van der Waals surface area contributed by atoms with Crippen LogP contribution in [0.2, 0.25) is 0 Å². The Bertz CT molecular complexity index is 3960. The SMILES string of the molecule is CCCCCCCCCCCCCCCCCOC(=O)Nc1ccnc2c1ccc1cccnc12.[Cl-].[Cl-].[Ru].c1ccc(-c2ccnc3c2ccc2c(-c4ccccc4)ccnc23)cc1.c1ccc(-c2ccnc3c2ccc2c(-c4ccccc4)ccnc23)cc1. The fourth-order valence-corrected chi connectivity index (χ4v) is 11.8. The molecule has 0 spiro atoms. The summed E-state index contributed by atoms with van der Waals surface area (Å²) in [6.45, 7) is 2.73. The molecule has 6 aromatic heterocycles. The van der Waals surface area contributed by atoms with Gasteiger partial charge in [-0.1, -0.05) is 255 Å². The second-order valence-corrected chi connectivity index (χ2v) is 22.2. The van der Waals surface area contributed by atoms with Crippen LogP contribution in [0.5, 0.6) is 0 Å². The van der Waals surface area contributed by atoms with Gasteiger partial charge in [-0.05, 0) is 93.4 Å². The summed E-state index contributed by atoms with van der Waals surface area (Å²) in [5.41, 5.74) is 15.6. The van der Waals surface area contributed by atoms with E-state index in [-0.39, 0.29) is 44.3 Å². The van der Waals surface area contributed by atoms with Crippen molar-refractivity contribution >= 4 is 77.2 Å². The number of pyridine rings is 6. The summed E-state index contributed by atoms with van der Waals surface area (Å²) < 4.78 is 5.41. The zero-order chi connectivity index (χ0) is 59.2. The third-order valence-corrected chi connectivity index (χ3v) is 16.3. The van der Waals surface area contributed by atoms with Crippen LogP contribution in [0.1, 0.15) is 103 Å². The van der Waals surface area contributed by atoms with E-state index in [9.17, 15) is 4.79 Å². The molecule has 13 aromatic rings. The van der Waals surface area contributed by atoms with Gasteiger partial charge >= 0.3 is 6.09 Å². The molecule has 12 heteroatoms. The van der Waals surface area contributed by atoms with E-state index < -0.39 is 6.09 Å². The number of anilines is 1. The van der Waals surface area contributed by atoms with Gasteiger partial charge < -0.3 is 29.6 Å². The average molecular weight is 1310 g/mol. The fraction of sp³-hybridized carbons (Fsp3) is 0.218. The van der Waals surface area contributed by atoms with Crippen LogP contribution in [-0.4, -0.2) is 42.6 Å². The van der Waals surface area contributed by atoms with Gasteiger partial charge in [-0.25, -0.2) is 4.79 Å². The second kappa shape index (κ2) is 35.0. The van der Waals surface area contributed by atoms with Gasteiger partial charge in [0.1, 0.15) is 0 Å². The van der Waals surface area contributed by atoms with Crippen LogP contribution >= 0.6 is 0 Å². The first-order chi connectivity index (χ1) is 43.1. The van der Waals surface area contributed by atoms with Crippen molar-refractivity contribution in [2.75, 3.05) is 11.9 Å². The molecule has 0 saturated heterocycles. The fourth-order valence-electron chi connectivity index (χ4n) is 11.8. The van der Waals surface area contributed by atoms with Crippen molar-refractivity contribution in [3.8, 4) is 44.5 Å². The molecule has 0 aliphatic heterocycles. The second-order valence-electron chi connectivity index (χ2n) is 22.2. The molecule has 0 aliphatic rings. The summed E-state index contributed by atoms with van der Waals surface area (Å²) in [6.07, 6.45) is 30.4. The van der Waals surface area contributed by atoms with E-state index in [4.69, 9.17) is 4.74 Å². The minimum Gasteiger partial charge on any atom is -1.00 e. The number of halogens is 2. The summed E-state index contributed by atoms with van der Waals surface area (Å²) in [6, 6.07) is 68.4. The third-order valence-electron chi connectivity index (χ3n) is 16.3. The van der Waals surface area contributed by atoms with E-state index in [2.05, 4.69) is 188 Å². The minimum absolute atomic E-state index is 0. The van der Waals surface area contributed by atoms with Crippen LogP contribution < -0.4 is 30.1 Å². The number of benzene rings is 7. The van der Waals surface area contributed by atoms with Crippen LogP contribution in [0.15, 0.2) is 237 Å². The Labute approximate surface area is 554 Å². The summed E-state index contributed by atoms with van der Waals surface area (Å²) in [7, 11) is 0. The standard InChI is InChI=1S/C30H43N3O2.2C24H16N2.2ClH.Ru/c1-2-3-4-5-6-7-8-9-10-11-12-13-14-15-16-24-35-30(34)33-27-21-23-32-29-26(27)20-19-25-18-17-22-31-28(25)29;2*1-3-7-17(8-4-1)19-13-15-25-23-21(19)11-12-22-20(14-16-26-24(22)23)18-9-5-2-6-10-18;;;/h17-23H,2-16,24H2,1H3,(H,32,33,34);2*1-16H;2*1H;/p-2. The van der Waals surface area contributed by atoms with E-state index in [1.54, 1.807) is 18.5 Å². The van der Waals surface area contributed by atoms with Crippen molar-refractivity contribution in [1.82, 2.24) is 29.9 Å². The number of nitrogens with zero attached hydrogens (tertiary/aromatic N) is 6. The zero-order valence-electron chi connectivity index (χ0n) is 50.9. The maximum Gasteiger partial charge on any atom is 0.411 e. The number of hydrogen-bond acceptors (Lipinski definition) is 8. The molecule has 9 nitrogen and oxygen atoms in total. The number of amides is 1. The molecule has 0 fully saturated rings. The van der Waals surface area contributed by atoms with Gasteiger partial charge in [0, 0.05) is 89.0 Å². The number of hydrogen-bond donors (Lipinski definition) is 1. The van der Waals surface area contributed by atoms with E-state index >= 15 is 0 Å². The monoisotopic (exact) mass is 1310 g/mol. The van der Waals surface area contributed by atoms with Crippen molar-refractivity contribution in [1.29, 1.82) is 0 Å². The van der Waals surface area contributed by atoms with Gasteiger partial charge in [-0.2, -0.15) is 0 Å². The summed E-state index contributed by atoms with van der Waals surface area (Å²) >= 11 is 0. The Morgan fingerprint density at radius 3 is 1.00 bits per heavy atom. The van der Waals surface area contributed by atoms with Crippen LogP contribution in [0.25, 0.3) is 110 Å². The van der Waals surface area contributed by atoms with Gasteiger partial charge in [0.15, 0.2) is 0 Å². The first-order valence-corrected chi connectivity index (χ1v) is 31.2. The summed E-state index contributed by atoms with van der Waals surface area (Å²) in [5.74, 6) is 0. The third kappa shape index (κ3) is 17.0. The number of unbranched alkanes of at least 4 members (excludes halogenated alkanes) is 14. The van der Waals surface area contributed by atoms with Gasteiger partial charge in [-0.15, -0.1) is 0 Å². The van der Waals surface area contributed by atoms with E-state index in [0.29, 0.717) is 12.3 Å². The van der Waals surface area contributed by atoms with Crippen molar-refractivity contribution < 1.29 is 53.8 Å². The van der Waals surface area contributed by atoms with Gasteiger partial charge in [0.05, 0.1) is 45.4 Å². The minimum atomic E-state index is -0.413. The molecule has 90 heavy (non-hydrogen) atoms. The van der Waals surface area contributed by atoms with Gasteiger partial charge in [0.2, 0.25) is 0 Å². The topological polar surface area (TPSA) is 116 Å². The molecule has 0 aliphatic carbocycles. The van der Waals surface area contributed by atoms with Crippen LogP contribution in [-0.2, 0) is 24.2 Å². The molecular formula is C78H75Cl2N7O2Ru-2. The Balaban J connectivity index is 0.000000174. The zero-order valence-corrected chi connectivity index (χ0v) is 54.2. The first-order valence-electron chi connectivity index (χ1n) is 31.2. The van der Waals surface area contributed by atoms with Crippen molar-refractivity contribution in [2.45, 2.75) is 103 Å². The first kappa shape index (κ1) is 67.4. The molecule has 0 saturated carbocycles. The molecule has 7 aromatic carbocycles. The molecule has 0 radical (unpaired) electrons. The molecule has 0 atom stereocenters. The Hall–Kier alpha value is -8.53. The number of rotatable bonds is 21. The van der Waals surface area contributed by atoms with Crippen LogP contribution in [0, 0.1) is 0 Å². The van der Waals surface area contributed by atoms with Crippen molar-refractivity contribution in [3.63, 3.8) is 0 Å². The Kier molecular flexibility index (Phi) is 26.2. The molecule has 6 heterocycles.